The molecular weight excluding hydrogens is 397 g/mol. The number of amides is 1. The molecule has 1 aromatic heterocycles. The molecule has 1 atom stereocenters. The number of thioether (sulfide) groups is 1. The van der Waals surface area contributed by atoms with Crippen molar-refractivity contribution >= 4 is 28.4 Å². The van der Waals surface area contributed by atoms with E-state index in [9.17, 15) is 9.18 Å². The molecule has 0 spiro atoms. The molecule has 0 bridgehead atoms. The van der Waals surface area contributed by atoms with E-state index in [1.54, 1.807) is 12.1 Å². The highest BCUT2D eigenvalue weighted by Crippen LogP contribution is 2.33. The predicted molar refractivity (Wildman–Crippen MR) is 119 cm³/mol. The number of aromatic nitrogens is 2. The highest BCUT2D eigenvalue weighted by atomic mass is 32.2. The normalized spacial score (nSPS) is 11.9. The molecule has 0 fully saturated rings. The number of hydrogen-bond donors (Lipinski definition) is 1. The van der Waals surface area contributed by atoms with Gasteiger partial charge in [0.1, 0.15) is 16.5 Å². The van der Waals surface area contributed by atoms with Crippen LogP contribution in [-0.4, -0.2) is 21.4 Å². The standard InChI is InChI=1S/C24H20FN3OS/c1-16(23(29)26-15-17-7-3-2-4-8-17)30-24-21-10-6-5-9-20(21)22(27-28-24)18-11-13-19(25)14-12-18/h2-14,16H,15H2,1H3,(H,26,29). The summed E-state index contributed by atoms with van der Waals surface area (Å²) in [6, 6.07) is 23.8. The van der Waals surface area contributed by atoms with Crippen LogP contribution in [0.3, 0.4) is 0 Å². The van der Waals surface area contributed by atoms with Gasteiger partial charge in [0.05, 0.1) is 5.25 Å². The maximum absolute atomic E-state index is 13.3. The highest BCUT2D eigenvalue weighted by molar-refractivity contribution is 8.00. The Morgan fingerprint density at radius 3 is 2.33 bits per heavy atom. The van der Waals surface area contributed by atoms with E-state index < -0.39 is 0 Å². The Morgan fingerprint density at radius 2 is 1.60 bits per heavy atom. The molecule has 1 unspecified atom stereocenters. The fourth-order valence-corrected chi connectivity index (χ4v) is 4.06. The van der Waals surface area contributed by atoms with Crippen molar-refractivity contribution in [3.8, 4) is 11.3 Å². The van der Waals surface area contributed by atoms with Crippen molar-refractivity contribution in [2.75, 3.05) is 0 Å². The van der Waals surface area contributed by atoms with E-state index in [1.165, 1.54) is 23.9 Å². The van der Waals surface area contributed by atoms with Gasteiger partial charge in [0.15, 0.2) is 0 Å². The highest BCUT2D eigenvalue weighted by Gasteiger charge is 2.18. The second kappa shape index (κ2) is 9.05. The Labute approximate surface area is 178 Å². The Kier molecular flexibility index (Phi) is 6.05. The molecule has 0 aliphatic carbocycles. The van der Waals surface area contributed by atoms with Crippen LogP contribution in [0.1, 0.15) is 12.5 Å². The van der Waals surface area contributed by atoms with Gasteiger partial charge in [-0.3, -0.25) is 4.79 Å². The van der Waals surface area contributed by atoms with Gasteiger partial charge in [-0.15, -0.1) is 10.2 Å². The smallest absolute Gasteiger partial charge is 0.233 e. The van der Waals surface area contributed by atoms with Gasteiger partial charge in [0, 0.05) is 22.9 Å². The molecule has 0 saturated heterocycles. The lowest BCUT2D eigenvalue weighted by atomic mass is 10.1. The summed E-state index contributed by atoms with van der Waals surface area (Å²) in [4.78, 5) is 12.6. The molecule has 30 heavy (non-hydrogen) atoms. The summed E-state index contributed by atoms with van der Waals surface area (Å²) in [5.41, 5.74) is 2.54. The van der Waals surface area contributed by atoms with Crippen LogP contribution in [0.25, 0.3) is 22.0 Å². The maximum atomic E-state index is 13.3. The summed E-state index contributed by atoms with van der Waals surface area (Å²) < 4.78 is 13.3. The van der Waals surface area contributed by atoms with E-state index >= 15 is 0 Å². The minimum absolute atomic E-state index is 0.0580. The lowest BCUT2D eigenvalue weighted by molar-refractivity contribution is -0.120. The van der Waals surface area contributed by atoms with Crippen molar-refractivity contribution in [2.24, 2.45) is 0 Å². The van der Waals surface area contributed by atoms with Gasteiger partial charge in [-0.1, -0.05) is 66.4 Å². The van der Waals surface area contributed by atoms with Crippen molar-refractivity contribution in [3.63, 3.8) is 0 Å². The van der Waals surface area contributed by atoms with Crippen LogP contribution in [0.4, 0.5) is 4.39 Å². The Hall–Kier alpha value is -3.25. The van der Waals surface area contributed by atoms with Gasteiger partial charge in [-0.25, -0.2) is 4.39 Å². The molecule has 3 aromatic carbocycles. The number of nitrogens with one attached hydrogen (secondary N) is 1. The second-order valence-electron chi connectivity index (χ2n) is 6.87. The molecule has 4 rings (SSSR count). The summed E-state index contributed by atoms with van der Waals surface area (Å²) >= 11 is 1.38. The first-order valence-electron chi connectivity index (χ1n) is 9.61. The van der Waals surface area contributed by atoms with Crippen molar-refractivity contribution in [1.82, 2.24) is 15.5 Å². The van der Waals surface area contributed by atoms with Crippen molar-refractivity contribution < 1.29 is 9.18 Å². The lowest BCUT2D eigenvalue weighted by Gasteiger charge is -2.14. The quantitative estimate of drug-likeness (QED) is 0.436. The summed E-state index contributed by atoms with van der Waals surface area (Å²) in [5, 5.41) is 13.9. The first-order valence-corrected chi connectivity index (χ1v) is 10.5. The molecule has 4 nitrogen and oxygen atoms in total. The van der Waals surface area contributed by atoms with E-state index in [2.05, 4.69) is 15.5 Å². The Bertz CT molecular complexity index is 1170. The molecule has 4 aromatic rings. The second-order valence-corrected chi connectivity index (χ2v) is 8.20. The first kappa shape index (κ1) is 20.0. The summed E-state index contributed by atoms with van der Waals surface area (Å²) in [6.07, 6.45) is 0. The van der Waals surface area contributed by atoms with Gasteiger partial charge < -0.3 is 5.32 Å². The SMILES string of the molecule is CC(Sc1nnc(-c2ccc(F)cc2)c2ccccc12)C(=O)NCc1ccccc1. The third kappa shape index (κ3) is 4.49. The number of halogens is 1. The van der Waals surface area contributed by atoms with E-state index in [0.29, 0.717) is 17.3 Å². The maximum Gasteiger partial charge on any atom is 0.233 e. The minimum atomic E-state index is -0.330. The molecule has 1 heterocycles. The molecule has 150 valence electrons. The number of hydrogen-bond acceptors (Lipinski definition) is 4. The van der Waals surface area contributed by atoms with E-state index in [4.69, 9.17) is 0 Å². The van der Waals surface area contributed by atoms with E-state index in [0.717, 1.165) is 21.9 Å². The van der Waals surface area contributed by atoms with Crippen LogP contribution in [0.5, 0.6) is 0 Å². The lowest BCUT2D eigenvalue weighted by Crippen LogP contribution is -2.30. The predicted octanol–water partition coefficient (Wildman–Crippen LogP) is 5.23. The fraction of sp³-hybridized carbons (Fsp3) is 0.125. The van der Waals surface area contributed by atoms with E-state index in [-0.39, 0.29) is 17.0 Å². The van der Waals surface area contributed by atoms with Gasteiger partial charge in [-0.05, 0) is 36.8 Å². The zero-order valence-corrected chi connectivity index (χ0v) is 17.2. The Balaban J connectivity index is 1.55. The summed E-state index contributed by atoms with van der Waals surface area (Å²) in [7, 11) is 0. The van der Waals surface area contributed by atoms with Crippen LogP contribution in [0, 0.1) is 5.82 Å². The topological polar surface area (TPSA) is 54.9 Å². The van der Waals surface area contributed by atoms with Gasteiger partial charge in [0.25, 0.3) is 0 Å². The zero-order chi connectivity index (χ0) is 20.9. The zero-order valence-electron chi connectivity index (χ0n) is 16.4. The third-order valence-corrected chi connectivity index (χ3v) is 5.83. The number of carbonyl (C=O) groups excluding carboxylic acids is 1. The average molecular weight is 418 g/mol. The van der Waals surface area contributed by atoms with Crippen molar-refractivity contribution in [1.29, 1.82) is 0 Å². The monoisotopic (exact) mass is 417 g/mol. The number of rotatable bonds is 6. The van der Waals surface area contributed by atoms with Crippen LogP contribution in [-0.2, 0) is 11.3 Å². The molecule has 0 saturated carbocycles. The summed E-state index contributed by atoms with van der Waals surface area (Å²) in [6.45, 7) is 2.34. The Morgan fingerprint density at radius 1 is 0.933 bits per heavy atom. The average Bonchev–Trinajstić information content (AvgIpc) is 2.79. The first-order chi connectivity index (χ1) is 14.6. The molecular formula is C24H20FN3OS. The van der Waals surface area contributed by atoms with Crippen molar-refractivity contribution in [3.05, 3.63) is 90.2 Å². The molecule has 1 amide bonds. The molecule has 0 aliphatic rings. The summed E-state index contributed by atoms with van der Waals surface area (Å²) in [5.74, 6) is -0.351. The van der Waals surface area contributed by atoms with Crippen LogP contribution >= 0.6 is 11.8 Å². The number of nitrogens with zero attached hydrogens (tertiary/aromatic N) is 2. The molecule has 0 radical (unpaired) electrons. The van der Waals surface area contributed by atoms with E-state index in [1.807, 2.05) is 61.5 Å². The fourth-order valence-electron chi connectivity index (χ4n) is 3.14. The van der Waals surface area contributed by atoms with Crippen LogP contribution < -0.4 is 5.32 Å². The number of benzene rings is 3. The van der Waals surface area contributed by atoms with Crippen LogP contribution in [0.2, 0.25) is 0 Å². The van der Waals surface area contributed by atoms with Gasteiger partial charge in [-0.2, -0.15) is 0 Å². The number of fused-ring (bicyclic) bond motifs is 1. The van der Waals surface area contributed by atoms with Crippen molar-refractivity contribution in [2.45, 2.75) is 23.7 Å². The minimum Gasteiger partial charge on any atom is -0.351 e. The molecule has 0 aliphatic heterocycles. The van der Waals surface area contributed by atoms with Crippen LogP contribution in [0.15, 0.2) is 83.9 Å². The number of carbonyl (C=O) groups is 1. The molecule has 6 heteroatoms. The largest absolute Gasteiger partial charge is 0.351 e. The van der Waals surface area contributed by atoms with Gasteiger partial charge >= 0.3 is 0 Å². The van der Waals surface area contributed by atoms with Gasteiger partial charge in [0.2, 0.25) is 5.91 Å². The molecule has 1 N–H and O–H groups in total. The third-order valence-electron chi connectivity index (χ3n) is 4.74.